The van der Waals surface area contributed by atoms with Crippen molar-refractivity contribution in [3.63, 3.8) is 0 Å². The van der Waals surface area contributed by atoms with Crippen LogP contribution in [0.15, 0.2) is 24.3 Å². The number of nitrogens with zero attached hydrogens (tertiary/aromatic N) is 1. The second-order valence-electron chi connectivity index (χ2n) is 7.19. The highest BCUT2D eigenvalue weighted by Gasteiger charge is 2.37. The van der Waals surface area contributed by atoms with Crippen LogP contribution < -0.4 is 0 Å². The molecule has 1 saturated heterocycles. The molecule has 1 heterocycles. The standard InChI is InChI=1S/C19H27NO/c1-19(2,20-11-7-3-4-8-12-20)18(21)14-16-13-15-9-5-6-10-17(15)16/h5-6,9-10,16H,3-4,7-8,11-14H2,1-2H3. The number of ketones is 1. The summed E-state index contributed by atoms with van der Waals surface area (Å²) < 4.78 is 0. The first-order valence-electron chi connectivity index (χ1n) is 8.45. The minimum atomic E-state index is -0.297. The number of hydrogen-bond donors (Lipinski definition) is 0. The van der Waals surface area contributed by atoms with Crippen molar-refractivity contribution in [3.05, 3.63) is 35.4 Å². The van der Waals surface area contributed by atoms with Crippen molar-refractivity contribution in [3.8, 4) is 0 Å². The third kappa shape index (κ3) is 2.91. The second-order valence-corrected chi connectivity index (χ2v) is 7.19. The Balaban J connectivity index is 1.64. The summed E-state index contributed by atoms with van der Waals surface area (Å²) in [5.41, 5.74) is 2.54. The van der Waals surface area contributed by atoms with Gasteiger partial charge in [-0.25, -0.2) is 0 Å². The fraction of sp³-hybridized carbons (Fsp3) is 0.632. The number of fused-ring (bicyclic) bond motifs is 1. The zero-order valence-electron chi connectivity index (χ0n) is 13.4. The normalized spacial score (nSPS) is 23.0. The first-order valence-corrected chi connectivity index (χ1v) is 8.45. The Morgan fingerprint density at radius 2 is 1.81 bits per heavy atom. The molecule has 1 aromatic rings. The summed E-state index contributed by atoms with van der Waals surface area (Å²) in [7, 11) is 0. The van der Waals surface area contributed by atoms with Gasteiger partial charge in [0.25, 0.3) is 0 Å². The van der Waals surface area contributed by atoms with Crippen LogP contribution in [0, 0.1) is 0 Å². The fourth-order valence-electron chi connectivity index (χ4n) is 3.82. The van der Waals surface area contributed by atoms with E-state index >= 15 is 0 Å². The first kappa shape index (κ1) is 14.8. The van der Waals surface area contributed by atoms with Gasteiger partial charge in [-0.05, 0) is 63.2 Å². The lowest BCUT2D eigenvalue weighted by Crippen LogP contribution is -2.51. The predicted molar refractivity (Wildman–Crippen MR) is 86.6 cm³/mol. The van der Waals surface area contributed by atoms with Crippen molar-refractivity contribution in [2.75, 3.05) is 13.1 Å². The summed E-state index contributed by atoms with van der Waals surface area (Å²) in [4.78, 5) is 15.3. The monoisotopic (exact) mass is 285 g/mol. The highest BCUT2D eigenvalue weighted by molar-refractivity contribution is 5.88. The van der Waals surface area contributed by atoms with Crippen LogP contribution in [0.3, 0.4) is 0 Å². The Morgan fingerprint density at radius 3 is 2.48 bits per heavy atom. The molecule has 21 heavy (non-hydrogen) atoms. The number of carbonyl (C=O) groups is 1. The SMILES string of the molecule is CC(C)(C(=O)CC1Cc2ccccc21)N1CCCCCC1. The van der Waals surface area contributed by atoms with Crippen LogP contribution in [0.2, 0.25) is 0 Å². The fourth-order valence-corrected chi connectivity index (χ4v) is 3.82. The number of hydrogen-bond acceptors (Lipinski definition) is 2. The lowest BCUT2D eigenvalue weighted by Gasteiger charge is -2.39. The molecule has 0 bridgehead atoms. The molecule has 2 nitrogen and oxygen atoms in total. The van der Waals surface area contributed by atoms with Gasteiger partial charge >= 0.3 is 0 Å². The van der Waals surface area contributed by atoms with Crippen molar-refractivity contribution < 1.29 is 4.79 Å². The Bertz CT molecular complexity index is 512. The summed E-state index contributed by atoms with van der Waals surface area (Å²) >= 11 is 0. The number of likely N-dealkylation sites (tertiary alicyclic amines) is 1. The van der Waals surface area contributed by atoms with Gasteiger partial charge in [-0.1, -0.05) is 37.1 Å². The van der Waals surface area contributed by atoms with E-state index < -0.39 is 0 Å². The molecule has 1 fully saturated rings. The molecule has 2 aliphatic rings. The Morgan fingerprint density at radius 1 is 1.14 bits per heavy atom. The van der Waals surface area contributed by atoms with Crippen molar-refractivity contribution >= 4 is 5.78 Å². The molecule has 0 N–H and O–H groups in total. The number of carbonyl (C=O) groups excluding carboxylic acids is 1. The number of Topliss-reactive ketones (excluding diaryl/α,β-unsaturated/α-hetero) is 1. The van der Waals surface area contributed by atoms with E-state index in [0.29, 0.717) is 18.1 Å². The van der Waals surface area contributed by atoms with Gasteiger partial charge in [-0.3, -0.25) is 9.69 Å². The lowest BCUT2D eigenvalue weighted by molar-refractivity contribution is -0.130. The van der Waals surface area contributed by atoms with Crippen LogP contribution >= 0.6 is 0 Å². The van der Waals surface area contributed by atoms with Gasteiger partial charge < -0.3 is 0 Å². The quantitative estimate of drug-likeness (QED) is 0.835. The van der Waals surface area contributed by atoms with E-state index in [1.807, 2.05) is 0 Å². The zero-order chi connectivity index (χ0) is 14.9. The minimum absolute atomic E-state index is 0.297. The molecule has 1 unspecified atom stereocenters. The van der Waals surface area contributed by atoms with Crippen molar-refractivity contribution in [2.45, 2.75) is 63.8 Å². The molecule has 2 heteroatoms. The van der Waals surface area contributed by atoms with Gasteiger partial charge in [0.2, 0.25) is 0 Å². The zero-order valence-corrected chi connectivity index (χ0v) is 13.4. The second kappa shape index (κ2) is 5.92. The summed E-state index contributed by atoms with van der Waals surface area (Å²) in [6.07, 6.45) is 6.90. The van der Waals surface area contributed by atoms with Crippen molar-refractivity contribution in [2.24, 2.45) is 0 Å². The smallest absolute Gasteiger partial charge is 0.153 e. The van der Waals surface area contributed by atoms with E-state index in [0.717, 1.165) is 19.5 Å². The average Bonchev–Trinajstić information content (AvgIpc) is 2.74. The van der Waals surface area contributed by atoms with E-state index in [4.69, 9.17) is 0 Å². The van der Waals surface area contributed by atoms with E-state index in [9.17, 15) is 4.79 Å². The van der Waals surface area contributed by atoms with Crippen LogP contribution in [0.25, 0.3) is 0 Å². The molecule has 0 aromatic heterocycles. The average molecular weight is 285 g/mol. The van der Waals surface area contributed by atoms with Gasteiger partial charge in [0.15, 0.2) is 5.78 Å². The predicted octanol–water partition coefficient (Wildman–Crippen LogP) is 3.94. The molecule has 1 atom stereocenters. The summed E-state index contributed by atoms with van der Waals surface area (Å²) in [6, 6.07) is 8.57. The molecule has 1 aliphatic carbocycles. The molecule has 0 radical (unpaired) electrons. The highest BCUT2D eigenvalue weighted by Crippen LogP contribution is 2.38. The van der Waals surface area contributed by atoms with E-state index in [2.05, 4.69) is 43.0 Å². The van der Waals surface area contributed by atoms with Crippen LogP contribution in [0.1, 0.15) is 63.0 Å². The molecule has 1 aromatic carbocycles. The van der Waals surface area contributed by atoms with Crippen LogP contribution in [-0.4, -0.2) is 29.3 Å². The van der Waals surface area contributed by atoms with E-state index in [-0.39, 0.29) is 5.54 Å². The number of benzene rings is 1. The maximum Gasteiger partial charge on any atom is 0.153 e. The summed E-state index contributed by atoms with van der Waals surface area (Å²) in [5.74, 6) is 0.879. The van der Waals surface area contributed by atoms with Gasteiger partial charge in [0, 0.05) is 6.42 Å². The third-order valence-electron chi connectivity index (χ3n) is 5.47. The summed E-state index contributed by atoms with van der Waals surface area (Å²) in [5, 5.41) is 0. The molecule has 114 valence electrons. The first-order chi connectivity index (χ1) is 10.1. The topological polar surface area (TPSA) is 20.3 Å². The molecule has 1 aliphatic heterocycles. The maximum atomic E-state index is 12.8. The molecule has 3 rings (SSSR count). The van der Waals surface area contributed by atoms with Gasteiger partial charge in [0.05, 0.1) is 5.54 Å². The highest BCUT2D eigenvalue weighted by atomic mass is 16.1. The van der Waals surface area contributed by atoms with Crippen molar-refractivity contribution in [1.82, 2.24) is 4.90 Å². The molecule has 0 spiro atoms. The molecular weight excluding hydrogens is 258 g/mol. The van der Waals surface area contributed by atoms with Crippen molar-refractivity contribution in [1.29, 1.82) is 0 Å². The van der Waals surface area contributed by atoms with Crippen LogP contribution in [0.5, 0.6) is 0 Å². The Labute approximate surface area is 128 Å². The molecule has 0 saturated carbocycles. The minimum Gasteiger partial charge on any atom is -0.298 e. The summed E-state index contributed by atoms with van der Waals surface area (Å²) in [6.45, 7) is 6.43. The van der Waals surface area contributed by atoms with Gasteiger partial charge in [-0.15, -0.1) is 0 Å². The van der Waals surface area contributed by atoms with Crippen LogP contribution in [0.4, 0.5) is 0 Å². The lowest BCUT2D eigenvalue weighted by atomic mass is 9.73. The largest absolute Gasteiger partial charge is 0.298 e. The van der Waals surface area contributed by atoms with E-state index in [1.165, 1.54) is 36.8 Å². The number of rotatable bonds is 4. The van der Waals surface area contributed by atoms with Gasteiger partial charge in [0.1, 0.15) is 0 Å². The Hall–Kier alpha value is -1.15. The molecule has 0 amide bonds. The van der Waals surface area contributed by atoms with E-state index in [1.54, 1.807) is 0 Å². The molecular formula is C19H27NO. The maximum absolute atomic E-state index is 12.8. The van der Waals surface area contributed by atoms with Gasteiger partial charge in [-0.2, -0.15) is 0 Å². The van der Waals surface area contributed by atoms with Crippen LogP contribution in [-0.2, 0) is 11.2 Å². The Kier molecular flexibility index (Phi) is 4.17. The third-order valence-corrected chi connectivity index (χ3v) is 5.47.